The van der Waals surface area contributed by atoms with Crippen LogP contribution in [0.2, 0.25) is 0 Å². The van der Waals surface area contributed by atoms with E-state index < -0.39 is 0 Å². The number of hydrogen-bond acceptors (Lipinski definition) is 2. The highest BCUT2D eigenvalue weighted by atomic mass is 15.2. The van der Waals surface area contributed by atoms with Crippen LogP contribution in [-0.2, 0) is 0 Å². The molecular weight excluding hydrogens is 268 g/mol. The number of nitrogens with one attached hydrogen (secondary N) is 1. The van der Waals surface area contributed by atoms with Crippen molar-refractivity contribution in [2.24, 2.45) is 5.92 Å². The van der Waals surface area contributed by atoms with E-state index in [1.54, 1.807) is 0 Å². The first-order valence-electron chi connectivity index (χ1n) is 10.3. The molecule has 2 aliphatic carbocycles. The zero-order valence-corrected chi connectivity index (χ0v) is 14.9. The lowest BCUT2D eigenvalue weighted by atomic mass is 9.87. The van der Waals surface area contributed by atoms with Gasteiger partial charge in [0.2, 0.25) is 0 Å². The van der Waals surface area contributed by atoms with Crippen LogP contribution in [0, 0.1) is 5.92 Å². The molecular formula is C20H38N2. The predicted octanol–water partition coefficient (Wildman–Crippen LogP) is 4.73. The topological polar surface area (TPSA) is 15.3 Å². The summed E-state index contributed by atoms with van der Waals surface area (Å²) < 4.78 is 0. The summed E-state index contributed by atoms with van der Waals surface area (Å²) in [7, 11) is 0. The van der Waals surface area contributed by atoms with E-state index in [4.69, 9.17) is 0 Å². The molecule has 0 radical (unpaired) electrons. The first-order chi connectivity index (χ1) is 10.8. The molecule has 3 fully saturated rings. The zero-order chi connectivity index (χ0) is 15.2. The standard InChI is InChI=1S/C20H38N2/c1-2-3-9-17-14-19(21-18-10-5-4-6-11-18)16-22(15-17)20-12-7-8-13-20/h17-21H,2-16H2,1H3. The third-order valence-corrected chi connectivity index (χ3v) is 6.45. The maximum atomic E-state index is 4.08. The molecule has 3 rings (SSSR count). The van der Waals surface area contributed by atoms with Gasteiger partial charge in [-0.15, -0.1) is 0 Å². The molecule has 0 bridgehead atoms. The Morgan fingerprint density at radius 1 is 0.864 bits per heavy atom. The van der Waals surface area contributed by atoms with Crippen LogP contribution in [0.5, 0.6) is 0 Å². The fraction of sp³-hybridized carbons (Fsp3) is 1.00. The van der Waals surface area contributed by atoms with Crippen molar-refractivity contribution < 1.29 is 0 Å². The Kier molecular flexibility index (Phi) is 6.62. The summed E-state index contributed by atoms with van der Waals surface area (Å²) in [6.45, 7) is 5.08. The van der Waals surface area contributed by atoms with E-state index in [0.717, 1.165) is 24.0 Å². The number of unbranched alkanes of at least 4 members (excludes halogenated alkanes) is 1. The van der Waals surface area contributed by atoms with Gasteiger partial charge in [-0.05, 0) is 44.4 Å². The van der Waals surface area contributed by atoms with Crippen LogP contribution in [0.4, 0.5) is 0 Å². The van der Waals surface area contributed by atoms with Crippen molar-refractivity contribution in [2.75, 3.05) is 13.1 Å². The van der Waals surface area contributed by atoms with Crippen LogP contribution in [0.25, 0.3) is 0 Å². The molecule has 128 valence electrons. The van der Waals surface area contributed by atoms with Gasteiger partial charge in [-0.25, -0.2) is 0 Å². The van der Waals surface area contributed by atoms with Crippen LogP contribution in [-0.4, -0.2) is 36.1 Å². The third-order valence-electron chi connectivity index (χ3n) is 6.45. The second-order valence-electron chi connectivity index (χ2n) is 8.33. The smallest absolute Gasteiger partial charge is 0.0200 e. The first-order valence-corrected chi connectivity index (χ1v) is 10.3. The molecule has 2 heteroatoms. The minimum absolute atomic E-state index is 0.777. The number of piperidine rings is 1. The minimum atomic E-state index is 0.777. The van der Waals surface area contributed by atoms with E-state index in [2.05, 4.69) is 17.1 Å². The van der Waals surface area contributed by atoms with Gasteiger partial charge in [0.05, 0.1) is 0 Å². The summed E-state index contributed by atoms with van der Waals surface area (Å²) >= 11 is 0. The normalized spacial score (nSPS) is 32.6. The molecule has 1 heterocycles. The van der Waals surface area contributed by atoms with Crippen LogP contribution in [0.3, 0.4) is 0 Å². The first kappa shape index (κ1) is 16.8. The quantitative estimate of drug-likeness (QED) is 0.763. The average Bonchev–Trinajstić information content (AvgIpc) is 3.08. The van der Waals surface area contributed by atoms with Crippen LogP contribution < -0.4 is 5.32 Å². The average molecular weight is 307 g/mol. The Morgan fingerprint density at radius 3 is 2.32 bits per heavy atom. The lowest BCUT2D eigenvalue weighted by Gasteiger charge is -2.43. The van der Waals surface area contributed by atoms with Gasteiger partial charge >= 0.3 is 0 Å². The lowest BCUT2D eigenvalue weighted by molar-refractivity contribution is 0.0877. The molecule has 22 heavy (non-hydrogen) atoms. The molecule has 0 aromatic heterocycles. The van der Waals surface area contributed by atoms with Crippen molar-refractivity contribution in [2.45, 2.75) is 109 Å². The molecule has 1 aliphatic heterocycles. The third kappa shape index (κ3) is 4.71. The van der Waals surface area contributed by atoms with Crippen molar-refractivity contribution >= 4 is 0 Å². The molecule has 2 unspecified atom stereocenters. The summed E-state index contributed by atoms with van der Waals surface area (Å²) in [5.74, 6) is 0.954. The monoisotopic (exact) mass is 306 g/mol. The fourth-order valence-electron chi connectivity index (χ4n) is 5.23. The van der Waals surface area contributed by atoms with Crippen molar-refractivity contribution in [1.82, 2.24) is 10.2 Å². The number of rotatable bonds is 6. The summed E-state index contributed by atoms with van der Waals surface area (Å²) in [5.41, 5.74) is 0. The Morgan fingerprint density at radius 2 is 1.59 bits per heavy atom. The Labute approximate surface area is 138 Å². The largest absolute Gasteiger partial charge is 0.310 e. The lowest BCUT2D eigenvalue weighted by Crippen LogP contribution is -2.54. The molecule has 0 aromatic carbocycles. The summed E-state index contributed by atoms with van der Waals surface area (Å²) in [4.78, 5) is 2.89. The maximum Gasteiger partial charge on any atom is 0.0200 e. The molecule has 2 atom stereocenters. The van der Waals surface area contributed by atoms with Crippen molar-refractivity contribution in [3.05, 3.63) is 0 Å². The maximum absolute atomic E-state index is 4.08. The molecule has 1 N–H and O–H groups in total. The van der Waals surface area contributed by atoms with Gasteiger partial charge in [-0.3, -0.25) is 4.90 Å². The molecule has 1 saturated heterocycles. The van der Waals surface area contributed by atoms with Gasteiger partial charge in [0.25, 0.3) is 0 Å². The summed E-state index contributed by atoms with van der Waals surface area (Å²) in [6.07, 6.45) is 18.8. The number of likely N-dealkylation sites (tertiary alicyclic amines) is 1. The molecule has 3 aliphatic rings. The highest BCUT2D eigenvalue weighted by Crippen LogP contribution is 2.30. The van der Waals surface area contributed by atoms with Gasteiger partial charge in [0.15, 0.2) is 0 Å². The molecule has 0 spiro atoms. The Hall–Kier alpha value is -0.0800. The van der Waals surface area contributed by atoms with Crippen molar-refractivity contribution in [3.8, 4) is 0 Å². The molecule has 2 saturated carbocycles. The molecule has 2 nitrogen and oxygen atoms in total. The van der Waals surface area contributed by atoms with Gasteiger partial charge in [-0.2, -0.15) is 0 Å². The van der Waals surface area contributed by atoms with Crippen LogP contribution in [0.1, 0.15) is 90.4 Å². The molecule has 0 amide bonds. The fourth-order valence-corrected chi connectivity index (χ4v) is 5.23. The minimum Gasteiger partial charge on any atom is -0.310 e. The van der Waals surface area contributed by atoms with E-state index in [0.29, 0.717) is 0 Å². The summed E-state index contributed by atoms with van der Waals surface area (Å²) in [6, 6.07) is 2.52. The Balaban J connectivity index is 1.55. The molecule has 0 aromatic rings. The highest BCUT2D eigenvalue weighted by Gasteiger charge is 2.33. The SMILES string of the molecule is CCCCC1CC(NC2CCCCC2)CN(C2CCCC2)C1. The Bertz CT molecular complexity index is 305. The van der Waals surface area contributed by atoms with Gasteiger partial charge in [0, 0.05) is 31.2 Å². The number of hydrogen-bond donors (Lipinski definition) is 1. The van der Waals surface area contributed by atoms with E-state index in [9.17, 15) is 0 Å². The van der Waals surface area contributed by atoms with Gasteiger partial charge in [-0.1, -0.05) is 51.9 Å². The van der Waals surface area contributed by atoms with E-state index in [-0.39, 0.29) is 0 Å². The van der Waals surface area contributed by atoms with E-state index in [1.807, 2.05) is 0 Å². The van der Waals surface area contributed by atoms with Crippen molar-refractivity contribution in [1.29, 1.82) is 0 Å². The second kappa shape index (κ2) is 8.68. The highest BCUT2D eigenvalue weighted by molar-refractivity contribution is 4.90. The zero-order valence-electron chi connectivity index (χ0n) is 14.9. The van der Waals surface area contributed by atoms with Gasteiger partial charge < -0.3 is 5.32 Å². The predicted molar refractivity (Wildman–Crippen MR) is 95.3 cm³/mol. The van der Waals surface area contributed by atoms with E-state index >= 15 is 0 Å². The van der Waals surface area contributed by atoms with Crippen LogP contribution in [0.15, 0.2) is 0 Å². The van der Waals surface area contributed by atoms with Crippen LogP contribution >= 0.6 is 0 Å². The van der Waals surface area contributed by atoms with Crippen molar-refractivity contribution in [3.63, 3.8) is 0 Å². The summed E-state index contributed by atoms with van der Waals surface area (Å²) in [5, 5.41) is 4.08. The van der Waals surface area contributed by atoms with E-state index in [1.165, 1.54) is 96.6 Å². The van der Waals surface area contributed by atoms with Gasteiger partial charge in [0.1, 0.15) is 0 Å². The number of nitrogens with zero attached hydrogens (tertiary/aromatic N) is 1. The second-order valence-corrected chi connectivity index (χ2v) is 8.33.